The Kier molecular flexibility index (Phi) is 3.90. The molecule has 22 heavy (non-hydrogen) atoms. The van der Waals surface area contributed by atoms with E-state index >= 15 is 0 Å². The van der Waals surface area contributed by atoms with Crippen molar-refractivity contribution in [2.75, 3.05) is 0 Å². The lowest BCUT2D eigenvalue weighted by molar-refractivity contribution is 0.558. The standard InChI is InChI=1S/C15H13ClN2O3S/c1-10-18-14-7-6-12(8-15(14)21-10)22(19,20)17-9-11-4-2-3-5-13(11)16/h2-8,17H,9H2,1H3. The maximum Gasteiger partial charge on any atom is 0.241 e. The minimum atomic E-state index is -3.65. The summed E-state index contributed by atoms with van der Waals surface area (Å²) in [5.74, 6) is 0.494. The Morgan fingerprint density at radius 1 is 1.23 bits per heavy atom. The molecule has 0 spiro atoms. The molecule has 5 nitrogen and oxygen atoms in total. The first-order chi connectivity index (χ1) is 10.5. The molecule has 2 aromatic carbocycles. The zero-order valence-electron chi connectivity index (χ0n) is 11.7. The van der Waals surface area contributed by atoms with Gasteiger partial charge in [-0.3, -0.25) is 0 Å². The molecule has 3 rings (SSSR count). The Labute approximate surface area is 133 Å². The van der Waals surface area contributed by atoms with Crippen molar-refractivity contribution in [2.45, 2.75) is 18.4 Å². The van der Waals surface area contributed by atoms with Crippen molar-refractivity contribution in [1.82, 2.24) is 9.71 Å². The molecular weight excluding hydrogens is 324 g/mol. The summed E-state index contributed by atoms with van der Waals surface area (Å²) in [6, 6.07) is 11.7. The number of rotatable bonds is 4. The van der Waals surface area contributed by atoms with Gasteiger partial charge in [0.1, 0.15) is 5.52 Å². The number of nitrogens with zero attached hydrogens (tertiary/aromatic N) is 1. The number of sulfonamides is 1. The maximum absolute atomic E-state index is 12.4. The van der Waals surface area contributed by atoms with Crippen LogP contribution in [0.2, 0.25) is 5.02 Å². The topological polar surface area (TPSA) is 72.2 Å². The third-order valence-electron chi connectivity index (χ3n) is 3.19. The van der Waals surface area contributed by atoms with E-state index < -0.39 is 10.0 Å². The Hall–Kier alpha value is -1.89. The summed E-state index contributed by atoms with van der Waals surface area (Å²) >= 11 is 6.02. The summed E-state index contributed by atoms with van der Waals surface area (Å²) in [5, 5.41) is 0.520. The van der Waals surface area contributed by atoms with Crippen LogP contribution in [-0.4, -0.2) is 13.4 Å². The van der Waals surface area contributed by atoms with E-state index in [0.717, 1.165) is 0 Å². The highest BCUT2D eigenvalue weighted by Gasteiger charge is 2.16. The van der Waals surface area contributed by atoms with E-state index in [9.17, 15) is 8.42 Å². The van der Waals surface area contributed by atoms with Gasteiger partial charge in [0.25, 0.3) is 0 Å². The Balaban J connectivity index is 1.86. The Bertz CT molecular complexity index is 935. The van der Waals surface area contributed by atoms with Gasteiger partial charge in [0.05, 0.1) is 4.90 Å². The highest BCUT2D eigenvalue weighted by atomic mass is 35.5. The molecule has 0 radical (unpaired) electrons. The molecule has 0 atom stereocenters. The normalized spacial score (nSPS) is 11.9. The first-order valence-electron chi connectivity index (χ1n) is 6.56. The van der Waals surface area contributed by atoms with Gasteiger partial charge in [-0.05, 0) is 23.8 Å². The van der Waals surface area contributed by atoms with Crippen LogP contribution in [0.1, 0.15) is 11.5 Å². The highest BCUT2D eigenvalue weighted by Crippen LogP contribution is 2.20. The van der Waals surface area contributed by atoms with E-state index in [0.29, 0.717) is 27.6 Å². The number of halogens is 1. The number of fused-ring (bicyclic) bond motifs is 1. The van der Waals surface area contributed by atoms with E-state index in [4.69, 9.17) is 16.0 Å². The average Bonchev–Trinajstić information content (AvgIpc) is 2.85. The van der Waals surface area contributed by atoms with Crippen LogP contribution in [0.15, 0.2) is 51.8 Å². The molecule has 0 saturated carbocycles. The van der Waals surface area contributed by atoms with Crippen molar-refractivity contribution in [3.63, 3.8) is 0 Å². The molecule has 0 amide bonds. The lowest BCUT2D eigenvalue weighted by Gasteiger charge is -2.08. The number of aromatic nitrogens is 1. The minimum Gasteiger partial charge on any atom is -0.441 e. The highest BCUT2D eigenvalue weighted by molar-refractivity contribution is 7.89. The third kappa shape index (κ3) is 2.99. The van der Waals surface area contributed by atoms with Gasteiger partial charge in [0.2, 0.25) is 10.0 Å². The van der Waals surface area contributed by atoms with Gasteiger partial charge in [0, 0.05) is 24.6 Å². The molecule has 0 bridgehead atoms. The molecule has 0 unspecified atom stereocenters. The number of oxazole rings is 1. The van der Waals surface area contributed by atoms with Crippen molar-refractivity contribution in [2.24, 2.45) is 0 Å². The second kappa shape index (κ2) is 5.72. The van der Waals surface area contributed by atoms with E-state index in [-0.39, 0.29) is 11.4 Å². The summed E-state index contributed by atoms with van der Waals surface area (Å²) in [4.78, 5) is 4.27. The van der Waals surface area contributed by atoms with Gasteiger partial charge in [-0.2, -0.15) is 0 Å². The number of nitrogens with one attached hydrogen (secondary N) is 1. The van der Waals surface area contributed by atoms with Crippen molar-refractivity contribution in [3.05, 3.63) is 58.9 Å². The SMILES string of the molecule is Cc1nc2ccc(S(=O)(=O)NCc3ccccc3Cl)cc2o1. The molecule has 0 aliphatic heterocycles. The molecule has 0 fully saturated rings. The van der Waals surface area contributed by atoms with Gasteiger partial charge in [-0.25, -0.2) is 18.1 Å². The fourth-order valence-electron chi connectivity index (χ4n) is 2.09. The van der Waals surface area contributed by atoms with Crippen LogP contribution in [0.25, 0.3) is 11.1 Å². The fourth-order valence-corrected chi connectivity index (χ4v) is 3.31. The summed E-state index contributed by atoms with van der Waals surface area (Å²) in [7, 11) is -3.65. The molecule has 114 valence electrons. The predicted octanol–water partition coefficient (Wildman–Crippen LogP) is 3.27. The monoisotopic (exact) mass is 336 g/mol. The quantitative estimate of drug-likeness (QED) is 0.793. The second-order valence-electron chi connectivity index (χ2n) is 4.78. The van der Waals surface area contributed by atoms with Gasteiger partial charge >= 0.3 is 0 Å². The minimum absolute atomic E-state index is 0.121. The summed E-state index contributed by atoms with van der Waals surface area (Å²) in [6.45, 7) is 1.83. The van der Waals surface area contributed by atoms with Crippen LogP contribution in [0, 0.1) is 6.92 Å². The van der Waals surface area contributed by atoms with Crippen molar-refractivity contribution in [3.8, 4) is 0 Å². The van der Waals surface area contributed by atoms with Crippen molar-refractivity contribution < 1.29 is 12.8 Å². The van der Waals surface area contributed by atoms with E-state index in [2.05, 4.69) is 9.71 Å². The fraction of sp³-hybridized carbons (Fsp3) is 0.133. The van der Waals surface area contributed by atoms with Crippen molar-refractivity contribution in [1.29, 1.82) is 0 Å². The number of hydrogen-bond donors (Lipinski definition) is 1. The molecule has 1 heterocycles. The molecule has 7 heteroatoms. The third-order valence-corrected chi connectivity index (χ3v) is 4.96. The average molecular weight is 337 g/mol. The van der Waals surface area contributed by atoms with E-state index in [1.54, 1.807) is 37.3 Å². The van der Waals surface area contributed by atoms with Crippen LogP contribution in [0.3, 0.4) is 0 Å². The van der Waals surface area contributed by atoms with E-state index in [1.807, 2.05) is 0 Å². The lowest BCUT2D eigenvalue weighted by Crippen LogP contribution is -2.23. The lowest BCUT2D eigenvalue weighted by atomic mass is 10.2. The molecule has 1 N–H and O–H groups in total. The van der Waals surface area contributed by atoms with Gasteiger partial charge in [0.15, 0.2) is 11.5 Å². The van der Waals surface area contributed by atoms with E-state index in [1.165, 1.54) is 12.1 Å². The molecule has 0 saturated heterocycles. The number of benzene rings is 2. The first kappa shape index (κ1) is 15.0. The molecule has 0 aliphatic carbocycles. The smallest absolute Gasteiger partial charge is 0.241 e. The first-order valence-corrected chi connectivity index (χ1v) is 8.42. The summed E-state index contributed by atoms with van der Waals surface area (Å²) in [5.41, 5.74) is 1.78. The van der Waals surface area contributed by atoms with Crippen molar-refractivity contribution >= 4 is 32.7 Å². The van der Waals surface area contributed by atoms with Gasteiger partial charge in [-0.1, -0.05) is 29.8 Å². The molecule has 3 aromatic rings. The molecular formula is C15H13ClN2O3S. The maximum atomic E-state index is 12.4. The molecule has 1 aromatic heterocycles. The van der Waals surface area contributed by atoms with Gasteiger partial charge < -0.3 is 4.42 Å². The largest absolute Gasteiger partial charge is 0.441 e. The summed E-state index contributed by atoms with van der Waals surface area (Å²) in [6.07, 6.45) is 0. The van der Waals surface area contributed by atoms with Crippen LogP contribution in [-0.2, 0) is 16.6 Å². The van der Waals surface area contributed by atoms with Gasteiger partial charge in [-0.15, -0.1) is 0 Å². The Morgan fingerprint density at radius 2 is 2.00 bits per heavy atom. The van der Waals surface area contributed by atoms with Crippen LogP contribution in [0.4, 0.5) is 0 Å². The second-order valence-corrected chi connectivity index (χ2v) is 6.95. The number of aryl methyl sites for hydroxylation is 1. The van der Waals surface area contributed by atoms with Crippen LogP contribution < -0.4 is 4.72 Å². The molecule has 0 aliphatic rings. The summed E-state index contributed by atoms with van der Waals surface area (Å²) < 4.78 is 32.6. The van der Waals surface area contributed by atoms with Crippen LogP contribution >= 0.6 is 11.6 Å². The predicted molar refractivity (Wildman–Crippen MR) is 84.2 cm³/mol. The zero-order chi connectivity index (χ0) is 15.7. The van der Waals surface area contributed by atoms with Crippen LogP contribution in [0.5, 0.6) is 0 Å². The number of hydrogen-bond acceptors (Lipinski definition) is 4. The Morgan fingerprint density at radius 3 is 2.77 bits per heavy atom. The zero-order valence-corrected chi connectivity index (χ0v) is 13.3.